The predicted octanol–water partition coefficient (Wildman–Crippen LogP) is 4.26. The molecule has 0 unspecified atom stereocenters. The van der Waals surface area contributed by atoms with Crippen LogP contribution in [0.25, 0.3) is 11.1 Å². The average molecular weight is 428 g/mol. The summed E-state index contributed by atoms with van der Waals surface area (Å²) < 4.78 is 0. The van der Waals surface area contributed by atoms with Crippen LogP contribution in [-0.2, 0) is 4.79 Å². The number of hydrazone groups is 2. The monoisotopic (exact) mass is 428 g/mol. The molecule has 8 nitrogen and oxygen atoms in total. The molecule has 1 aliphatic heterocycles. The van der Waals surface area contributed by atoms with E-state index in [4.69, 9.17) is 0 Å². The lowest BCUT2D eigenvalue weighted by molar-refractivity contribution is -0.112. The largest absolute Gasteiger partial charge is 0.505 e. The molecular weight excluding hydrogens is 408 g/mol. The number of rotatable bonds is 5. The highest BCUT2D eigenvalue weighted by Gasteiger charge is 2.30. The molecule has 0 fully saturated rings. The van der Waals surface area contributed by atoms with Crippen molar-refractivity contribution in [1.29, 1.82) is 0 Å². The van der Waals surface area contributed by atoms with Gasteiger partial charge >= 0.3 is 11.9 Å². The second-order valence-corrected chi connectivity index (χ2v) is 7.30. The zero-order valence-corrected chi connectivity index (χ0v) is 17.4. The molecule has 0 radical (unpaired) electrons. The van der Waals surface area contributed by atoms with Crippen LogP contribution in [0.3, 0.4) is 0 Å². The fourth-order valence-corrected chi connectivity index (χ4v) is 3.29. The number of benzene rings is 3. The Balaban J connectivity index is 1.60. The van der Waals surface area contributed by atoms with Gasteiger partial charge in [-0.15, -0.1) is 0 Å². The van der Waals surface area contributed by atoms with Gasteiger partial charge in [-0.05, 0) is 49.7 Å². The molecule has 160 valence electrons. The maximum atomic E-state index is 12.8. The number of aryl methyl sites for hydroxylation is 1. The second-order valence-electron chi connectivity index (χ2n) is 7.30. The summed E-state index contributed by atoms with van der Waals surface area (Å²) >= 11 is 0. The minimum Gasteiger partial charge on any atom is -0.505 e. The van der Waals surface area contributed by atoms with Gasteiger partial charge in [0.2, 0.25) is 0 Å². The predicted molar refractivity (Wildman–Crippen MR) is 123 cm³/mol. The smallest absolute Gasteiger partial charge is 0.335 e. The van der Waals surface area contributed by atoms with Gasteiger partial charge in [0.15, 0.2) is 5.71 Å². The van der Waals surface area contributed by atoms with E-state index in [0.717, 1.165) is 5.56 Å². The highest BCUT2D eigenvalue weighted by molar-refractivity contribution is 6.71. The van der Waals surface area contributed by atoms with Crippen molar-refractivity contribution in [3.63, 3.8) is 0 Å². The number of aromatic hydroxyl groups is 1. The van der Waals surface area contributed by atoms with Gasteiger partial charge in [0, 0.05) is 5.56 Å². The van der Waals surface area contributed by atoms with Gasteiger partial charge in [0.25, 0.3) is 0 Å². The zero-order valence-electron chi connectivity index (χ0n) is 17.4. The van der Waals surface area contributed by atoms with Crippen molar-refractivity contribution >= 4 is 34.7 Å². The highest BCUT2D eigenvalue weighted by atomic mass is 16.4. The van der Waals surface area contributed by atoms with E-state index in [1.165, 1.54) is 17.1 Å². The lowest BCUT2D eigenvalue weighted by atomic mass is 10.0. The summed E-state index contributed by atoms with van der Waals surface area (Å²) in [5.74, 6) is -1.56. The van der Waals surface area contributed by atoms with E-state index in [1.54, 1.807) is 49.4 Å². The summed E-state index contributed by atoms with van der Waals surface area (Å²) in [5.41, 5.74) is 6.36. The average Bonchev–Trinajstić information content (AvgIpc) is 3.07. The molecular formula is C24H20N4O4. The number of phenols is 1. The number of carboxylic acid groups (broad SMARTS) is 1. The minimum atomic E-state index is -1.06. The molecule has 8 heteroatoms. The van der Waals surface area contributed by atoms with Crippen LogP contribution in [0.4, 0.5) is 11.4 Å². The van der Waals surface area contributed by atoms with Gasteiger partial charge in [0.1, 0.15) is 5.75 Å². The lowest BCUT2D eigenvalue weighted by Crippen LogP contribution is -2.27. The normalized spacial score (nSPS) is 14.6. The molecule has 0 spiro atoms. The summed E-state index contributed by atoms with van der Waals surface area (Å²) in [6, 6.07) is 18.6. The van der Waals surface area contributed by atoms with Gasteiger partial charge in [-0.25, -0.2) is 4.79 Å². The van der Waals surface area contributed by atoms with Gasteiger partial charge < -0.3 is 10.2 Å². The number of hydrogen-bond donors (Lipinski definition) is 3. The van der Waals surface area contributed by atoms with E-state index < -0.39 is 5.97 Å². The SMILES string of the molecule is CC1=NN(c2ccc(C)cc2)C(=O)/C1=N\Nc1cccc(-c2cccc(C(=O)O)c2)c1O. The summed E-state index contributed by atoms with van der Waals surface area (Å²) in [6.07, 6.45) is 0. The second kappa shape index (κ2) is 8.35. The van der Waals surface area contributed by atoms with E-state index in [2.05, 4.69) is 15.6 Å². The summed E-state index contributed by atoms with van der Waals surface area (Å²) in [7, 11) is 0. The standard InChI is InChI=1S/C24H20N4O4/c1-14-9-11-18(12-10-14)28-23(30)21(15(2)27-28)26-25-20-8-4-7-19(22(20)29)16-5-3-6-17(13-16)24(31)32/h3-13,25,29H,1-2H3,(H,31,32)/b26-21-. The number of phenolic OH excluding ortho intramolecular Hbond substituents is 1. The summed E-state index contributed by atoms with van der Waals surface area (Å²) in [4.78, 5) is 24.1. The van der Waals surface area contributed by atoms with Crippen molar-refractivity contribution in [2.75, 3.05) is 10.4 Å². The molecule has 0 bridgehead atoms. The van der Waals surface area contributed by atoms with Crippen LogP contribution in [0.15, 0.2) is 76.9 Å². The molecule has 0 saturated heterocycles. The number of nitrogens with one attached hydrogen (secondary N) is 1. The van der Waals surface area contributed by atoms with Gasteiger partial charge in [-0.1, -0.05) is 42.0 Å². The Labute approximate surface area is 184 Å². The third kappa shape index (κ3) is 3.93. The van der Waals surface area contributed by atoms with Crippen LogP contribution in [0.5, 0.6) is 5.75 Å². The van der Waals surface area contributed by atoms with Crippen LogP contribution in [-0.4, -0.2) is 33.5 Å². The maximum absolute atomic E-state index is 12.8. The fourth-order valence-electron chi connectivity index (χ4n) is 3.29. The minimum absolute atomic E-state index is 0.111. The fraction of sp³-hybridized carbons (Fsp3) is 0.0833. The number of para-hydroxylation sites is 1. The Bertz CT molecular complexity index is 1280. The topological polar surface area (TPSA) is 115 Å². The number of carbonyl (C=O) groups is 2. The van der Waals surface area contributed by atoms with E-state index in [9.17, 15) is 19.8 Å². The van der Waals surface area contributed by atoms with E-state index in [1.807, 2.05) is 19.1 Å². The van der Waals surface area contributed by atoms with Crippen LogP contribution < -0.4 is 10.4 Å². The van der Waals surface area contributed by atoms with Crippen molar-refractivity contribution in [1.82, 2.24) is 0 Å². The molecule has 0 saturated carbocycles. The van der Waals surface area contributed by atoms with Crippen LogP contribution in [0, 0.1) is 6.92 Å². The first-order valence-corrected chi connectivity index (χ1v) is 9.81. The number of amides is 1. The van der Waals surface area contributed by atoms with Crippen molar-refractivity contribution < 1.29 is 19.8 Å². The number of carbonyl (C=O) groups excluding carboxylic acids is 1. The molecule has 3 aromatic carbocycles. The van der Waals surface area contributed by atoms with E-state index in [-0.39, 0.29) is 28.6 Å². The molecule has 1 amide bonds. The van der Waals surface area contributed by atoms with Crippen molar-refractivity contribution in [2.24, 2.45) is 10.2 Å². The third-order valence-corrected chi connectivity index (χ3v) is 5.01. The van der Waals surface area contributed by atoms with E-state index in [0.29, 0.717) is 22.5 Å². The van der Waals surface area contributed by atoms with Crippen LogP contribution in [0.1, 0.15) is 22.8 Å². The van der Waals surface area contributed by atoms with Gasteiger partial charge in [0.05, 0.1) is 22.6 Å². The molecule has 0 aromatic heterocycles. The van der Waals surface area contributed by atoms with Gasteiger partial charge in [-0.2, -0.15) is 15.2 Å². The molecule has 32 heavy (non-hydrogen) atoms. The number of hydrogen-bond acceptors (Lipinski definition) is 6. The Morgan fingerprint density at radius 1 is 1.03 bits per heavy atom. The first-order valence-electron chi connectivity index (χ1n) is 9.81. The van der Waals surface area contributed by atoms with E-state index >= 15 is 0 Å². The molecule has 4 rings (SSSR count). The summed E-state index contributed by atoms with van der Waals surface area (Å²) in [5, 5.41) is 29.7. The molecule has 0 atom stereocenters. The van der Waals surface area contributed by atoms with Gasteiger partial charge in [-0.3, -0.25) is 10.2 Å². The number of carboxylic acids is 1. The molecule has 1 aliphatic rings. The van der Waals surface area contributed by atoms with Crippen molar-refractivity contribution in [3.05, 3.63) is 77.9 Å². The van der Waals surface area contributed by atoms with Crippen LogP contribution >= 0.6 is 0 Å². The van der Waals surface area contributed by atoms with Crippen molar-refractivity contribution in [2.45, 2.75) is 13.8 Å². The summed E-state index contributed by atoms with van der Waals surface area (Å²) in [6.45, 7) is 3.64. The molecule has 0 aliphatic carbocycles. The lowest BCUT2D eigenvalue weighted by Gasteiger charge is -2.12. The first kappa shape index (κ1) is 20.8. The maximum Gasteiger partial charge on any atom is 0.335 e. The Kier molecular flexibility index (Phi) is 5.43. The van der Waals surface area contributed by atoms with Crippen molar-refractivity contribution in [3.8, 4) is 16.9 Å². The Hall–Kier alpha value is -4.46. The number of aromatic carboxylic acids is 1. The Morgan fingerprint density at radius 3 is 2.47 bits per heavy atom. The molecule has 3 N–H and O–H groups in total. The number of anilines is 2. The Morgan fingerprint density at radius 2 is 1.75 bits per heavy atom. The third-order valence-electron chi connectivity index (χ3n) is 5.01. The highest BCUT2D eigenvalue weighted by Crippen LogP contribution is 2.36. The molecule has 1 heterocycles. The first-order chi connectivity index (χ1) is 15.3. The van der Waals surface area contributed by atoms with Crippen LogP contribution in [0.2, 0.25) is 0 Å². The molecule has 3 aromatic rings. The number of nitrogens with zero attached hydrogens (tertiary/aromatic N) is 3. The zero-order chi connectivity index (χ0) is 22.8. The quantitative estimate of drug-likeness (QED) is 0.415.